The van der Waals surface area contributed by atoms with E-state index in [4.69, 9.17) is 0 Å². The molecular weight excluding hydrogens is 502 g/mol. The number of allylic oxidation sites excluding steroid dienone is 1. The molecule has 0 spiro atoms. The Labute approximate surface area is 226 Å². The lowest BCUT2D eigenvalue weighted by Gasteiger charge is -2.17. The molecule has 0 aliphatic rings. The minimum absolute atomic E-state index is 0.0638. The molecule has 3 aromatic rings. The van der Waals surface area contributed by atoms with Gasteiger partial charge in [0.15, 0.2) is 0 Å². The van der Waals surface area contributed by atoms with E-state index in [0.717, 1.165) is 28.8 Å². The van der Waals surface area contributed by atoms with E-state index >= 15 is 0 Å². The van der Waals surface area contributed by atoms with E-state index in [1.807, 2.05) is 6.07 Å². The van der Waals surface area contributed by atoms with Gasteiger partial charge in [0, 0.05) is 26.0 Å². The van der Waals surface area contributed by atoms with Crippen LogP contribution in [-0.2, 0) is 27.3 Å². The summed E-state index contributed by atoms with van der Waals surface area (Å²) >= 11 is 0. The summed E-state index contributed by atoms with van der Waals surface area (Å²) in [7, 11) is 4.45. The second-order valence-electron chi connectivity index (χ2n) is 9.72. The fraction of sp³-hybridized carbons (Fsp3) is 0.407. The van der Waals surface area contributed by atoms with Gasteiger partial charge in [0.05, 0.1) is 30.4 Å². The van der Waals surface area contributed by atoms with Gasteiger partial charge in [-0.3, -0.25) is 14.4 Å². The van der Waals surface area contributed by atoms with Crippen LogP contribution < -0.4 is 16.2 Å². The van der Waals surface area contributed by atoms with Crippen LogP contribution in [0.1, 0.15) is 38.1 Å². The number of rotatable bonds is 11. The summed E-state index contributed by atoms with van der Waals surface area (Å²) in [6.07, 6.45) is 6.71. The molecule has 12 nitrogen and oxygen atoms in total. The summed E-state index contributed by atoms with van der Waals surface area (Å²) in [5.74, 6) is -0.353. The largest absolute Gasteiger partial charge is 0.453 e. The number of pyridine rings is 1. The normalized spacial score (nSPS) is 12.1. The molecule has 1 atom stereocenters. The molecule has 0 radical (unpaired) electrons. The average molecular weight is 538 g/mol. The zero-order valence-corrected chi connectivity index (χ0v) is 22.9. The molecule has 3 aromatic heterocycles. The van der Waals surface area contributed by atoms with Crippen molar-refractivity contribution in [3.05, 3.63) is 64.6 Å². The first-order chi connectivity index (χ1) is 18.6. The van der Waals surface area contributed by atoms with E-state index in [1.165, 1.54) is 35.0 Å². The number of hydrogen-bond acceptors (Lipinski definition) is 7. The number of likely N-dealkylation sites (N-methyl/N-ethyl adjacent to an activating group) is 1. The molecular formula is C27H35N7O5. The van der Waals surface area contributed by atoms with Crippen molar-refractivity contribution in [1.82, 2.24) is 29.7 Å². The van der Waals surface area contributed by atoms with Crippen LogP contribution in [0.4, 0.5) is 10.5 Å². The summed E-state index contributed by atoms with van der Waals surface area (Å²) in [6, 6.07) is 4.04. The second-order valence-corrected chi connectivity index (χ2v) is 9.72. The Bertz CT molecular complexity index is 1410. The minimum atomic E-state index is -0.990. The minimum Gasteiger partial charge on any atom is -0.453 e. The Morgan fingerprint density at radius 3 is 2.69 bits per heavy atom. The van der Waals surface area contributed by atoms with Crippen LogP contribution in [0, 0.1) is 5.92 Å². The van der Waals surface area contributed by atoms with Crippen molar-refractivity contribution in [2.24, 2.45) is 5.92 Å². The Morgan fingerprint density at radius 2 is 2.00 bits per heavy atom. The van der Waals surface area contributed by atoms with Gasteiger partial charge in [-0.2, -0.15) is 0 Å². The van der Waals surface area contributed by atoms with Gasteiger partial charge < -0.3 is 29.8 Å². The molecule has 0 fully saturated rings. The van der Waals surface area contributed by atoms with Crippen molar-refractivity contribution in [3.63, 3.8) is 0 Å². The van der Waals surface area contributed by atoms with Crippen LogP contribution in [0.25, 0.3) is 11.0 Å². The molecule has 3 rings (SSSR count). The lowest BCUT2D eigenvalue weighted by molar-refractivity contribution is -0.123. The van der Waals surface area contributed by atoms with E-state index in [-0.39, 0.29) is 24.6 Å². The molecule has 0 saturated carbocycles. The highest BCUT2D eigenvalue weighted by Crippen LogP contribution is 2.19. The fourth-order valence-corrected chi connectivity index (χ4v) is 3.90. The van der Waals surface area contributed by atoms with Gasteiger partial charge >= 0.3 is 6.09 Å². The zero-order chi connectivity index (χ0) is 28.5. The number of hydrogen-bond donors (Lipinski definition) is 3. The monoisotopic (exact) mass is 537 g/mol. The third-order valence-corrected chi connectivity index (χ3v) is 5.89. The number of H-pyrrole nitrogens is 1. The number of anilines is 1. The maximum absolute atomic E-state index is 13.2. The number of aromatic nitrogens is 4. The molecule has 0 aliphatic carbocycles. The smallest absolute Gasteiger partial charge is 0.407 e. The number of carbonyl (C=O) groups excluding carboxylic acids is 3. The Hall–Kier alpha value is -4.48. The van der Waals surface area contributed by atoms with Crippen molar-refractivity contribution >= 4 is 34.6 Å². The molecule has 12 heteroatoms. The number of aromatic amines is 1. The van der Waals surface area contributed by atoms with Crippen LogP contribution in [0.3, 0.4) is 0 Å². The van der Waals surface area contributed by atoms with Gasteiger partial charge in [-0.25, -0.2) is 14.8 Å². The third kappa shape index (κ3) is 8.00. The standard InChI is InChI=1S/C27H35N7O5/c1-17(2)13-21-24-22(29-16-28-21)14-18(30-24)15-34-12-8-10-20(26(34)37)31-25(36)19(32-27(38)39-5)9-6-7-11-23(35)33(3)4/h7-8,10-12,14,16-17,19,30H,6,9,13,15H2,1-5H3,(H,31,36)(H,32,38)/b11-7+/t19-/m0/s1. The zero-order valence-electron chi connectivity index (χ0n) is 22.9. The first-order valence-corrected chi connectivity index (χ1v) is 12.6. The molecule has 208 valence electrons. The van der Waals surface area contributed by atoms with Crippen LogP contribution in [0.2, 0.25) is 0 Å². The van der Waals surface area contributed by atoms with Crippen molar-refractivity contribution in [2.75, 3.05) is 26.5 Å². The van der Waals surface area contributed by atoms with Gasteiger partial charge in [0.1, 0.15) is 18.1 Å². The Kier molecular flexibility index (Phi) is 9.96. The van der Waals surface area contributed by atoms with Gasteiger partial charge in [0.25, 0.3) is 5.56 Å². The number of nitrogens with one attached hydrogen (secondary N) is 3. The van der Waals surface area contributed by atoms with Crippen molar-refractivity contribution in [1.29, 1.82) is 0 Å². The van der Waals surface area contributed by atoms with Crippen LogP contribution in [-0.4, -0.2) is 69.6 Å². The van der Waals surface area contributed by atoms with E-state index in [0.29, 0.717) is 12.3 Å². The predicted molar refractivity (Wildman–Crippen MR) is 147 cm³/mol. The second kappa shape index (κ2) is 13.4. The number of nitrogens with zero attached hydrogens (tertiary/aromatic N) is 4. The molecule has 0 unspecified atom stereocenters. The number of fused-ring (bicyclic) bond motifs is 1. The van der Waals surface area contributed by atoms with E-state index in [2.05, 4.69) is 44.2 Å². The van der Waals surface area contributed by atoms with E-state index in [9.17, 15) is 19.2 Å². The van der Waals surface area contributed by atoms with Crippen LogP contribution >= 0.6 is 0 Å². The SMILES string of the molecule is COC(=O)N[C@@H](CC/C=C/C(=O)N(C)C)C(=O)Nc1cccn(Cc2cc3ncnc(CC(C)C)c3[nH]2)c1=O. The Balaban J connectivity index is 1.75. The fourth-order valence-electron chi connectivity index (χ4n) is 3.90. The lowest BCUT2D eigenvalue weighted by atomic mass is 10.1. The van der Waals surface area contributed by atoms with Crippen molar-refractivity contribution < 1.29 is 19.1 Å². The van der Waals surface area contributed by atoms with Crippen LogP contribution in [0.15, 0.2) is 47.7 Å². The van der Waals surface area contributed by atoms with Gasteiger partial charge in [-0.1, -0.05) is 19.9 Å². The summed E-state index contributed by atoms with van der Waals surface area (Å²) in [6.45, 7) is 4.46. The molecule has 3 heterocycles. The highest BCUT2D eigenvalue weighted by molar-refractivity contribution is 5.96. The highest BCUT2D eigenvalue weighted by atomic mass is 16.5. The average Bonchev–Trinajstić information content (AvgIpc) is 3.31. The lowest BCUT2D eigenvalue weighted by Crippen LogP contribution is -2.44. The first-order valence-electron chi connectivity index (χ1n) is 12.6. The molecule has 3 N–H and O–H groups in total. The summed E-state index contributed by atoms with van der Waals surface area (Å²) in [4.78, 5) is 63.2. The number of ether oxygens (including phenoxy) is 1. The molecule has 3 amide bonds. The van der Waals surface area contributed by atoms with E-state index in [1.54, 1.807) is 32.4 Å². The maximum Gasteiger partial charge on any atom is 0.407 e. The van der Waals surface area contributed by atoms with Gasteiger partial charge in [-0.05, 0) is 49.5 Å². The highest BCUT2D eigenvalue weighted by Gasteiger charge is 2.22. The molecule has 39 heavy (non-hydrogen) atoms. The molecule has 0 bridgehead atoms. The molecule has 0 saturated heterocycles. The number of carbonyl (C=O) groups is 3. The quantitative estimate of drug-likeness (QED) is 0.318. The summed E-state index contributed by atoms with van der Waals surface area (Å²) in [5, 5.41) is 5.09. The Morgan fingerprint density at radius 1 is 1.23 bits per heavy atom. The van der Waals surface area contributed by atoms with Gasteiger partial charge in [-0.15, -0.1) is 0 Å². The summed E-state index contributed by atoms with van der Waals surface area (Å²) < 4.78 is 6.10. The van der Waals surface area contributed by atoms with Crippen molar-refractivity contribution in [2.45, 2.75) is 45.7 Å². The van der Waals surface area contributed by atoms with Gasteiger partial charge in [0.2, 0.25) is 11.8 Å². The van der Waals surface area contributed by atoms with E-state index < -0.39 is 23.6 Å². The molecule has 0 aromatic carbocycles. The number of methoxy groups -OCH3 is 1. The third-order valence-electron chi connectivity index (χ3n) is 5.89. The predicted octanol–water partition coefficient (Wildman–Crippen LogP) is 2.45. The molecule has 0 aliphatic heterocycles. The maximum atomic E-state index is 13.2. The summed E-state index contributed by atoms with van der Waals surface area (Å²) in [5.41, 5.74) is 2.95. The topological polar surface area (TPSA) is 151 Å². The van der Waals surface area contributed by atoms with Crippen LogP contribution in [0.5, 0.6) is 0 Å². The van der Waals surface area contributed by atoms with Crippen molar-refractivity contribution in [3.8, 4) is 0 Å². The number of amides is 3. The first kappa shape index (κ1) is 29.1. The number of alkyl carbamates (subject to hydrolysis) is 1.